The molecule has 10 heteroatoms. The Morgan fingerprint density at radius 1 is 1.10 bits per heavy atom. The minimum Gasteiger partial charge on any atom is -0.496 e. The number of hydrogen-bond donors (Lipinski definition) is 3. The van der Waals surface area contributed by atoms with Crippen LogP contribution < -0.4 is 24.8 Å². The molecular formula is C19H27ClIN3O4S. The fourth-order valence-electron chi connectivity index (χ4n) is 2.52. The Hall–Kier alpha value is -1.43. The number of nitrogens with zero attached hydrogens (tertiary/aromatic N) is 1. The zero-order chi connectivity index (χ0) is 20.5. The van der Waals surface area contributed by atoms with Crippen LogP contribution in [0.15, 0.2) is 29.3 Å². The lowest BCUT2D eigenvalue weighted by Gasteiger charge is -2.16. The maximum atomic E-state index is 10.3. The van der Waals surface area contributed by atoms with E-state index in [1.165, 1.54) is 11.3 Å². The fraction of sp³-hybridized carbons (Fsp3) is 0.421. The lowest BCUT2D eigenvalue weighted by atomic mass is 10.1. The molecule has 2 rings (SSSR count). The van der Waals surface area contributed by atoms with Crippen LogP contribution in [-0.2, 0) is 6.54 Å². The lowest BCUT2D eigenvalue weighted by molar-refractivity contribution is 0.184. The summed E-state index contributed by atoms with van der Waals surface area (Å²) in [5, 5.41) is 16.6. The van der Waals surface area contributed by atoms with E-state index in [1.54, 1.807) is 33.5 Å². The van der Waals surface area contributed by atoms with E-state index >= 15 is 0 Å². The molecule has 0 saturated carbocycles. The molecular weight excluding hydrogens is 529 g/mol. The number of methoxy groups -OCH3 is 3. The number of halogens is 2. The first kappa shape index (κ1) is 25.6. The van der Waals surface area contributed by atoms with Gasteiger partial charge in [-0.25, -0.2) is 4.99 Å². The summed E-state index contributed by atoms with van der Waals surface area (Å²) in [5.41, 5.74) is 0.850. The van der Waals surface area contributed by atoms with Crippen LogP contribution in [0.4, 0.5) is 0 Å². The number of nitrogens with one attached hydrogen (secondary N) is 2. The van der Waals surface area contributed by atoms with Crippen LogP contribution in [0.25, 0.3) is 0 Å². The molecule has 0 aliphatic heterocycles. The van der Waals surface area contributed by atoms with Gasteiger partial charge in [-0.05, 0) is 25.1 Å². The quantitative estimate of drug-likeness (QED) is 0.248. The molecule has 1 unspecified atom stereocenters. The molecule has 0 aliphatic carbocycles. The summed E-state index contributed by atoms with van der Waals surface area (Å²) >= 11 is 7.29. The standard InChI is InChI=1S/C19H26ClN3O4S.HI/c1-5-21-19(23-11-13(24)17-6-7-18(20)28-17)22-10-12-8-15(26-3)16(27-4)9-14(12)25-2;/h6-9,13,24H,5,10-11H2,1-4H3,(H2,21,22,23);1H. The smallest absolute Gasteiger partial charge is 0.191 e. The third kappa shape index (κ3) is 7.40. The Bertz CT molecular complexity index is 804. The zero-order valence-electron chi connectivity index (χ0n) is 16.8. The average molecular weight is 556 g/mol. The average Bonchev–Trinajstić information content (AvgIpc) is 3.15. The van der Waals surface area contributed by atoms with Gasteiger partial charge in [0.15, 0.2) is 17.5 Å². The molecule has 7 nitrogen and oxygen atoms in total. The second-order valence-electron chi connectivity index (χ2n) is 5.75. The van der Waals surface area contributed by atoms with Gasteiger partial charge in [0.25, 0.3) is 0 Å². The highest BCUT2D eigenvalue weighted by molar-refractivity contribution is 14.0. The van der Waals surface area contributed by atoms with Gasteiger partial charge in [-0.3, -0.25) is 0 Å². The monoisotopic (exact) mass is 555 g/mol. The molecule has 0 saturated heterocycles. The number of hydrogen-bond acceptors (Lipinski definition) is 6. The molecule has 0 fully saturated rings. The van der Waals surface area contributed by atoms with Crippen LogP contribution in [0.3, 0.4) is 0 Å². The topological polar surface area (TPSA) is 84.3 Å². The Kier molecular flexibility index (Phi) is 11.5. The first-order valence-electron chi connectivity index (χ1n) is 8.76. The first-order valence-corrected chi connectivity index (χ1v) is 9.96. The van der Waals surface area contributed by atoms with Crippen LogP contribution in [0.2, 0.25) is 4.34 Å². The highest BCUT2D eigenvalue weighted by Crippen LogP contribution is 2.35. The van der Waals surface area contributed by atoms with Crippen molar-refractivity contribution in [2.45, 2.75) is 19.6 Å². The summed E-state index contributed by atoms with van der Waals surface area (Å²) in [4.78, 5) is 5.38. The molecule has 162 valence electrons. The van der Waals surface area contributed by atoms with Crippen molar-refractivity contribution >= 4 is 52.9 Å². The minimum atomic E-state index is -0.669. The highest BCUT2D eigenvalue weighted by Gasteiger charge is 2.13. The molecule has 1 aromatic carbocycles. The largest absolute Gasteiger partial charge is 0.496 e. The molecule has 0 radical (unpaired) electrons. The molecule has 0 bridgehead atoms. The zero-order valence-corrected chi connectivity index (χ0v) is 20.7. The molecule has 0 spiro atoms. The molecule has 1 aromatic heterocycles. The van der Waals surface area contributed by atoms with E-state index in [0.717, 1.165) is 10.4 Å². The van der Waals surface area contributed by atoms with Gasteiger partial charge in [0, 0.05) is 29.6 Å². The van der Waals surface area contributed by atoms with Gasteiger partial charge in [0.1, 0.15) is 11.9 Å². The number of guanidine groups is 1. The van der Waals surface area contributed by atoms with Gasteiger partial charge >= 0.3 is 0 Å². The van der Waals surface area contributed by atoms with Crippen LogP contribution in [0.1, 0.15) is 23.5 Å². The summed E-state index contributed by atoms with van der Waals surface area (Å²) in [6.45, 7) is 3.34. The van der Waals surface area contributed by atoms with Gasteiger partial charge in [0.05, 0.1) is 32.2 Å². The van der Waals surface area contributed by atoms with Crippen LogP contribution in [0.5, 0.6) is 17.2 Å². The first-order chi connectivity index (χ1) is 13.5. The second kappa shape index (κ2) is 13.0. The number of thiophene rings is 1. The summed E-state index contributed by atoms with van der Waals surface area (Å²) < 4.78 is 16.8. The third-order valence-corrected chi connectivity index (χ3v) is 5.26. The van der Waals surface area contributed by atoms with Crippen molar-refractivity contribution in [1.29, 1.82) is 0 Å². The van der Waals surface area contributed by atoms with E-state index in [4.69, 9.17) is 25.8 Å². The van der Waals surface area contributed by atoms with Crippen LogP contribution in [0, 0.1) is 0 Å². The maximum Gasteiger partial charge on any atom is 0.191 e. The SMILES string of the molecule is CCNC(=NCc1cc(OC)c(OC)cc1OC)NCC(O)c1ccc(Cl)s1.I. The molecule has 0 amide bonds. The van der Waals surface area contributed by atoms with E-state index in [1.807, 2.05) is 19.1 Å². The highest BCUT2D eigenvalue weighted by atomic mass is 127. The number of aliphatic imine (C=N–C) groups is 1. The van der Waals surface area contributed by atoms with Crippen molar-refractivity contribution in [3.05, 3.63) is 39.0 Å². The van der Waals surface area contributed by atoms with Crippen molar-refractivity contribution in [1.82, 2.24) is 10.6 Å². The number of rotatable bonds is 9. The Morgan fingerprint density at radius 3 is 2.31 bits per heavy atom. The predicted molar refractivity (Wildman–Crippen MR) is 129 cm³/mol. The number of ether oxygens (including phenoxy) is 3. The molecule has 2 aromatic rings. The third-order valence-electron chi connectivity index (χ3n) is 3.92. The molecule has 3 N–H and O–H groups in total. The molecule has 29 heavy (non-hydrogen) atoms. The van der Waals surface area contributed by atoms with E-state index < -0.39 is 6.10 Å². The summed E-state index contributed by atoms with van der Waals surface area (Å²) in [6.07, 6.45) is -0.669. The number of aliphatic hydroxyl groups excluding tert-OH is 1. The fourth-order valence-corrected chi connectivity index (χ4v) is 3.57. The Morgan fingerprint density at radius 2 is 1.76 bits per heavy atom. The van der Waals surface area contributed by atoms with E-state index in [9.17, 15) is 5.11 Å². The molecule has 0 aliphatic rings. The van der Waals surface area contributed by atoms with Crippen LogP contribution >= 0.6 is 46.9 Å². The van der Waals surface area contributed by atoms with Crippen LogP contribution in [-0.4, -0.2) is 45.5 Å². The Balaban J connectivity index is 0.00000420. The number of aliphatic hydroxyl groups is 1. The van der Waals surface area contributed by atoms with Crippen molar-refractivity contribution in [2.24, 2.45) is 4.99 Å². The Labute approximate surface area is 197 Å². The van der Waals surface area contributed by atoms with E-state index in [2.05, 4.69) is 15.6 Å². The van der Waals surface area contributed by atoms with Crippen molar-refractivity contribution in [2.75, 3.05) is 34.4 Å². The van der Waals surface area contributed by atoms with Gasteiger partial charge < -0.3 is 30.0 Å². The summed E-state index contributed by atoms with van der Waals surface area (Å²) in [5.74, 6) is 2.44. The van der Waals surface area contributed by atoms with E-state index in [-0.39, 0.29) is 24.0 Å². The minimum absolute atomic E-state index is 0. The van der Waals surface area contributed by atoms with E-state index in [0.29, 0.717) is 47.2 Å². The second-order valence-corrected chi connectivity index (χ2v) is 7.50. The van der Waals surface area contributed by atoms with Gasteiger partial charge in [-0.2, -0.15) is 0 Å². The van der Waals surface area contributed by atoms with Gasteiger partial charge in [-0.15, -0.1) is 35.3 Å². The predicted octanol–water partition coefficient (Wildman–Crippen LogP) is 3.83. The van der Waals surface area contributed by atoms with Crippen molar-refractivity contribution < 1.29 is 19.3 Å². The molecule has 1 heterocycles. The normalized spacial score (nSPS) is 12.0. The molecule has 1 atom stereocenters. The summed E-state index contributed by atoms with van der Waals surface area (Å²) in [7, 11) is 4.76. The number of benzene rings is 1. The summed E-state index contributed by atoms with van der Waals surface area (Å²) in [6, 6.07) is 7.20. The lowest BCUT2D eigenvalue weighted by Crippen LogP contribution is -2.39. The van der Waals surface area contributed by atoms with Crippen molar-refractivity contribution in [3.63, 3.8) is 0 Å². The maximum absolute atomic E-state index is 10.3. The van der Waals surface area contributed by atoms with Crippen molar-refractivity contribution in [3.8, 4) is 17.2 Å². The van der Waals surface area contributed by atoms with Gasteiger partial charge in [0.2, 0.25) is 0 Å². The van der Waals surface area contributed by atoms with Gasteiger partial charge in [-0.1, -0.05) is 11.6 Å².